The van der Waals surface area contributed by atoms with Crippen molar-refractivity contribution in [3.8, 4) is 0 Å². The minimum Gasteiger partial charge on any atom is -0.456 e. The number of nitrogens with one attached hydrogen (secondary N) is 1. The molecule has 2 saturated carbocycles. The number of hydrogen-bond acceptors (Lipinski definition) is 15. The first-order valence-electron chi connectivity index (χ1n) is 20.5. The molecule has 16 heteroatoms. The van der Waals surface area contributed by atoms with Crippen LogP contribution in [-0.4, -0.2) is 110 Å². The average molecular weight is 849 g/mol. The number of amides is 1. The van der Waals surface area contributed by atoms with Gasteiger partial charge in [-0.1, -0.05) is 65.8 Å². The van der Waals surface area contributed by atoms with E-state index in [-0.39, 0.29) is 41.9 Å². The van der Waals surface area contributed by atoms with E-state index >= 15 is 4.79 Å². The van der Waals surface area contributed by atoms with Gasteiger partial charge in [-0.15, -0.1) is 0 Å². The van der Waals surface area contributed by atoms with E-state index in [9.17, 15) is 39.3 Å². The molecule has 330 valence electrons. The van der Waals surface area contributed by atoms with Crippen LogP contribution in [0.4, 0.5) is 0 Å². The Morgan fingerprint density at radius 1 is 1.00 bits per heavy atom. The number of pyridine rings is 1. The van der Waals surface area contributed by atoms with Crippen molar-refractivity contribution >= 4 is 35.6 Å². The molecule has 1 aromatic carbocycles. The molecule has 3 unspecified atom stereocenters. The van der Waals surface area contributed by atoms with Crippen LogP contribution in [0.15, 0.2) is 65.9 Å². The Balaban J connectivity index is 1.56. The third kappa shape index (κ3) is 7.65. The molecule has 1 saturated heterocycles. The van der Waals surface area contributed by atoms with Crippen molar-refractivity contribution in [2.24, 2.45) is 22.2 Å². The molecule has 2 aromatic rings. The Morgan fingerprint density at radius 2 is 1.66 bits per heavy atom. The number of hydrogen-bond donors (Lipinski definition) is 4. The predicted molar refractivity (Wildman–Crippen MR) is 214 cm³/mol. The summed E-state index contributed by atoms with van der Waals surface area (Å²) < 4.78 is 30.4. The number of ketones is 1. The SMILES string of the molecule is CCC(=O)O[C@H]1C(=O)[C@@]2(C)C(C(OC(=O)c3ccccc3)[C@]3(O)C[C@H](OC(=O)[C@H](O)C(NC(=O)C(C)(C)C)c4ccccn4)C(C)=C1C3(C)C)[C@]1(OC(C)=O)CO[C@@H]1C[C@@H]2O. The maximum atomic E-state index is 15.6. The lowest BCUT2D eigenvalue weighted by atomic mass is 9.44. The van der Waals surface area contributed by atoms with Gasteiger partial charge in [0.1, 0.15) is 30.0 Å². The smallest absolute Gasteiger partial charge is 0.338 e. The quantitative estimate of drug-likeness (QED) is 0.153. The third-order valence-electron chi connectivity index (χ3n) is 13.2. The number of carbonyl (C=O) groups excluding carboxylic acids is 6. The normalized spacial score (nSPS) is 32.6. The van der Waals surface area contributed by atoms with Gasteiger partial charge < -0.3 is 44.3 Å². The highest BCUT2D eigenvalue weighted by atomic mass is 16.6. The van der Waals surface area contributed by atoms with Gasteiger partial charge in [-0.3, -0.25) is 24.2 Å². The molecule has 0 radical (unpaired) electrons. The number of nitrogens with zero attached hydrogens (tertiary/aromatic N) is 1. The Labute approximate surface area is 354 Å². The van der Waals surface area contributed by atoms with Crippen molar-refractivity contribution in [1.82, 2.24) is 10.3 Å². The fourth-order valence-electron chi connectivity index (χ4n) is 9.64. The lowest BCUT2D eigenvalue weighted by molar-refractivity contribution is -0.346. The molecule has 1 aromatic heterocycles. The zero-order valence-electron chi connectivity index (χ0n) is 35.9. The van der Waals surface area contributed by atoms with Crippen LogP contribution in [0, 0.1) is 22.2 Å². The van der Waals surface area contributed by atoms with Crippen molar-refractivity contribution in [2.45, 2.75) is 135 Å². The summed E-state index contributed by atoms with van der Waals surface area (Å²) >= 11 is 0. The van der Waals surface area contributed by atoms with Crippen LogP contribution in [0.1, 0.15) is 104 Å². The largest absolute Gasteiger partial charge is 0.456 e. The molecule has 1 amide bonds. The van der Waals surface area contributed by atoms with Crippen LogP contribution < -0.4 is 5.32 Å². The van der Waals surface area contributed by atoms with E-state index in [0.717, 1.165) is 6.92 Å². The molecule has 4 aliphatic rings. The van der Waals surface area contributed by atoms with Gasteiger partial charge in [0, 0.05) is 43.2 Å². The number of benzene rings is 1. The van der Waals surface area contributed by atoms with Crippen molar-refractivity contribution < 1.29 is 67.8 Å². The molecule has 2 bridgehead atoms. The van der Waals surface area contributed by atoms with E-state index in [4.69, 9.17) is 23.7 Å². The molecule has 11 atom stereocenters. The number of aliphatic hydroxyl groups excluding tert-OH is 2. The maximum Gasteiger partial charge on any atom is 0.338 e. The molecular weight excluding hydrogens is 792 g/mol. The molecule has 3 fully saturated rings. The second kappa shape index (κ2) is 16.3. The molecule has 61 heavy (non-hydrogen) atoms. The number of rotatable bonds is 10. The van der Waals surface area contributed by atoms with Crippen molar-refractivity contribution in [3.05, 3.63) is 77.1 Å². The molecule has 0 spiro atoms. The maximum absolute atomic E-state index is 15.6. The first kappa shape index (κ1) is 45.5. The Kier molecular flexibility index (Phi) is 12.2. The Hall–Kier alpha value is -5.03. The van der Waals surface area contributed by atoms with Crippen LogP contribution >= 0.6 is 0 Å². The van der Waals surface area contributed by atoms with Gasteiger partial charge in [0.25, 0.3) is 0 Å². The molecule has 16 nitrogen and oxygen atoms in total. The molecule has 6 rings (SSSR count). The van der Waals surface area contributed by atoms with Gasteiger partial charge in [-0.25, -0.2) is 9.59 Å². The van der Waals surface area contributed by atoms with Crippen molar-refractivity contribution in [1.29, 1.82) is 0 Å². The summed E-state index contributed by atoms with van der Waals surface area (Å²) in [5.74, 6) is -6.68. The third-order valence-corrected chi connectivity index (χ3v) is 13.2. The highest BCUT2D eigenvalue weighted by Gasteiger charge is 2.78. The van der Waals surface area contributed by atoms with Crippen LogP contribution in [-0.2, 0) is 47.7 Å². The minimum absolute atomic E-state index is 0.00352. The van der Waals surface area contributed by atoms with Gasteiger partial charge in [0.2, 0.25) is 5.91 Å². The zero-order chi connectivity index (χ0) is 45.0. The number of fused-ring (bicyclic) bond motifs is 5. The summed E-state index contributed by atoms with van der Waals surface area (Å²) in [4.78, 5) is 87.9. The molecule has 1 aliphatic heterocycles. The van der Waals surface area contributed by atoms with Gasteiger partial charge in [-0.05, 0) is 49.3 Å². The number of ether oxygens (including phenoxy) is 5. The van der Waals surface area contributed by atoms with Gasteiger partial charge in [0.05, 0.1) is 35.3 Å². The van der Waals surface area contributed by atoms with Crippen LogP contribution in [0.25, 0.3) is 0 Å². The monoisotopic (exact) mass is 848 g/mol. The number of Topliss-reactive ketones (excluding diaryl/α,β-unsaturated/α-hetero) is 1. The van der Waals surface area contributed by atoms with Crippen molar-refractivity contribution in [3.63, 3.8) is 0 Å². The minimum atomic E-state index is -2.39. The Morgan fingerprint density at radius 3 is 2.21 bits per heavy atom. The van der Waals surface area contributed by atoms with Crippen LogP contribution in [0.5, 0.6) is 0 Å². The summed E-state index contributed by atoms with van der Waals surface area (Å²) in [5, 5.41) is 40.2. The van der Waals surface area contributed by atoms with Crippen LogP contribution in [0.2, 0.25) is 0 Å². The first-order chi connectivity index (χ1) is 28.4. The second-order valence-corrected chi connectivity index (χ2v) is 18.3. The number of aromatic nitrogens is 1. The van der Waals surface area contributed by atoms with E-state index in [2.05, 4.69) is 10.3 Å². The van der Waals surface area contributed by atoms with E-state index in [1.165, 1.54) is 45.2 Å². The fraction of sp³-hybridized carbons (Fsp3) is 0.578. The van der Waals surface area contributed by atoms with E-state index in [0.29, 0.717) is 0 Å². The highest BCUT2D eigenvalue weighted by molar-refractivity contribution is 5.96. The van der Waals surface area contributed by atoms with Gasteiger partial charge in [0.15, 0.2) is 23.6 Å². The van der Waals surface area contributed by atoms with Crippen molar-refractivity contribution in [2.75, 3.05) is 6.61 Å². The zero-order valence-corrected chi connectivity index (χ0v) is 35.9. The summed E-state index contributed by atoms with van der Waals surface area (Å²) in [7, 11) is 0. The fourth-order valence-corrected chi connectivity index (χ4v) is 9.64. The lowest BCUT2D eigenvalue weighted by Crippen LogP contribution is -2.82. The van der Waals surface area contributed by atoms with Gasteiger partial charge in [-0.2, -0.15) is 0 Å². The number of esters is 4. The standard InChI is InChI=1S/C45H56N2O14/c1-10-30(50)59-34-31-23(2)27(58-39(54)33(51)32(26-18-14-15-19-46-26)47-40(55)41(4,5)6)21-45(56,42(31,7)8)37(60-38(53)25-16-12-11-13-17-25)35-43(9,36(34)52)28(49)20-29-44(35,22-57-29)61-24(3)48/h11-19,27-29,32-35,37,49,51,56H,10,20-22H2,1-9H3,(H,47,55)/t27-,28-,29+,32?,33+,34+,35?,37?,43+,44-,45+/m0/s1. The summed E-state index contributed by atoms with van der Waals surface area (Å²) in [6, 6.07) is 11.2. The van der Waals surface area contributed by atoms with Gasteiger partial charge >= 0.3 is 23.9 Å². The van der Waals surface area contributed by atoms with E-state index < -0.39 is 118 Å². The lowest BCUT2D eigenvalue weighted by Gasteiger charge is -2.67. The summed E-state index contributed by atoms with van der Waals surface area (Å²) in [6.45, 7) is 13.4. The summed E-state index contributed by atoms with van der Waals surface area (Å²) in [5.41, 5.74) is -8.44. The van der Waals surface area contributed by atoms with Crippen LogP contribution in [0.3, 0.4) is 0 Å². The predicted octanol–water partition coefficient (Wildman–Crippen LogP) is 3.25. The highest BCUT2D eigenvalue weighted by Crippen LogP contribution is 2.64. The first-order valence-corrected chi connectivity index (χ1v) is 20.5. The average Bonchev–Trinajstić information content (AvgIpc) is 3.20. The molecule has 2 heterocycles. The number of carbonyl (C=O) groups is 6. The Bertz CT molecular complexity index is 2100. The molecule has 3 aliphatic carbocycles. The molecular formula is C45H56N2O14. The summed E-state index contributed by atoms with van der Waals surface area (Å²) in [6.07, 6.45) is -9.29. The number of aliphatic hydroxyl groups is 3. The van der Waals surface area contributed by atoms with E-state index in [1.807, 2.05) is 0 Å². The second-order valence-electron chi connectivity index (χ2n) is 18.3. The van der Waals surface area contributed by atoms with E-state index in [1.54, 1.807) is 65.0 Å². The topological polar surface area (TPSA) is 234 Å². The molecule has 4 N–H and O–H groups in total.